The van der Waals surface area contributed by atoms with Crippen LogP contribution in [0.1, 0.15) is 44.2 Å². The van der Waals surface area contributed by atoms with Crippen LogP contribution in [0.3, 0.4) is 0 Å². The van der Waals surface area contributed by atoms with Gasteiger partial charge >= 0.3 is 12.3 Å². The number of alkyl halides is 3. The molecule has 0 spiro atoms. The Morgan fingerprint density at radius 3 is 2.25 bits per heavy atom. The lowest BCUT2D eigenvalue weighted by molar-refractivity contribution is -0.137. The molecule has 0 unspecified atom stereocenters. The third kappa shape index (κ3) is 4.87. The zero-order valence-corrected chi connectivity index (χ0v) is 14.1. The number of hydrogen-bond acceptors (Lipinski definition) is 3. The number of carbonyl (C=O) groups is 1. The van der Waals surface area contributed by atoms with Gasteiger partial charge in [0, 0.05) is 25.0 Å². The van der Waals surface area contributed by atoms with Gasteiger partial charge in [-0.25, -0.2) is 4.79 Å². The van der Waals surface area contributed by atoms with Crippen molar-refractivity contribution in [3.05, 3.63) is 35.4 Å². The molecule has 1 aliphatic rings. The number of piperidine rings is 1. The molecule has 1 amide bonds. The van der Waals surface area contributed by atoms with Gasteiger partial charge in [0.2, 0.25) is 0 Å². The highest BCUT2D eigenvalue weighted by molar-refractivity contribution is 5.68. The molecule has 7 heteroatoms. The third-order valence-electron chi connectivity index (χ3n) is 3.84. The number of nitrogens with two attached hydrogens (primary N) is 1. The van der Waals surface area contributed by atoms with E-state index in [9.17, 15) is 18.0 Å². The lowest BCUT2D eigenvalue weighted by Gasteiger charge is -2.37. The van der Waals surface area contributed by atoms with Crippen molar-refractivity contribution < 1.29 is 22.7 Å². The molecular formula is C17H23F3N2O2. The second-order valence-corrected chi connectivity index (χ2v) is 7.20. The van der Waals surface area contributed by atoms with Crippen LogP contribution in [0.15, 0.2) is 24.3 Å². The second-order valence-electron chi connectivity index (χ2n) is 7.20. The van der Waals surface area contributed by atoms with Crippen molar-refractivity contribution >= 4 is 6.09 Å². The molecule has 134 valence electrons. The average molecular weight is 344 g/mol. The van der Waals surface area contributed by atoms with E-state index in [-0.39, 0.29) is 12.0 Å². The van der Waals surface area contributed by atoms with Crippen molar-refractivity contribution in [2.24, 2.45) is 5.73 Å². The first-order chi connectivity index (χ1) is 11.0. The van der Waals surface area contributed by atoms with E-state index in [2.05, 4.69) is 0 Å². The molecule has 0 bridgehead atoms. The van der Waals surface area contributed by atoms with Gasteiger partial charge in [-0.2, -0.15) is 13.2 Å². The summed E-state index contributed by atoms with van der Waals surface area (Å²) in [5.74, 6) is -0.108. The molecule has 1 heterocycles. The van der Waals surface area contributed by atoms with Crippen LogP contribution >= 0.6 is 0 Å². The zero-order valence-electron chi connectivity index (χ0n) is 14.1. The Labute approximate surface area is 139 Å². The standard InChI is InChI=1S/C17H23F3N2O2/c1-16(2,3)24-15(23)22-9-12(8-14(21)10-22)11-4-6-13(7-5-11)17(18,19)20/h4-7,12,14H,8-10,21H2,1-3H3/t12-,14-/m0/s1. The Hall–Kier alpha value is -1.76. The first-order valence-corrected chi connectivity index (χ1v) is 7.86. The van der Waals surface area contributed by atoms with Crippen LogP contribution in [0.25, 0.3) is 0 Å². The molecule has 2 N–H and O–H groups in total. The molecular weight excluding hydrogens is 321 g/mol. The monoisotopic (exact) mass is 344 g/mol. The van der Waals surface area contributed by atoms with Gasteiger partial charge in [-0.3, -0.25) is 0 Å². The van der Waals surface area contributed by atoms with E-state index >= 15 is 0 Å². The smallest absolute Gasteiger partial charge is 0.416 e. The van der Waals surface area contributed by atoms with Gasteiger partial charge in [0.25, 0.3) is 0 Å². The molecule has 0 saturated carbocycles. The maximum absolute atomic E-state index is 12.7. The molecule has 1 aromatic rings. The molecule has 1 aliphatic heterocycles. The molecule has 0 aromatic heterocycles. The second kappa shape index (κ2) is 6.63. The van der Waals surface area contributed by atoms with Gasteiger partial charge in [0.1, 0.15) is 5.60 Å². The maximum Gasteiger partial charge on any atom is 0.416 e. The topological polar surface area (TPSA) is 55.6 Å². The zero-order chi connectivity index (χ0) is 18.1. The van der Waals surface area contributed by atoms with E-state index in [0.717, 1.165) is 17.7 Å². The summed E-state index contributed by atoms with van der Waals surface area (Å²) in [6.45, 7) is 6.10. The maximum atomic E-state index is 12.7. The van der Waals surface area contributed by atoms with Crippen LogP contribution in [0.4, 0.5) is 18.0 Å². The van der Waals surface area contributed by atoms with Crippen LogP contribution in [-0.2, 0) is 10.9 Å². The summed E-state index contributed by atoms with van der Waals surface area (Å²) in [5.41, 5.74) is 5.47. The highest BCUT2D eigenvalue weighted by atomic mass is 19.4. The summed E-state index contributed by atoms with van der Waals surface area (Å²) in [6, 6.07) is 4.80. The number of nitrogens with zero attached hydrogens (tertiary/aromatic N) is 1. The van der Waals surface area contributed by atoms with Gasteiger partial charge in [-0.05, 0) is 44.9 Å². The number of ether oxygens (including phenoxy) is 1. The fourth-order valence-electron chi connectivity index (χ4n) is 2.80. The first-order valence-electron chi connectivity index (χ1n) is 7.86. The van der Waals surface area contributed by atoms with E-state index in [1.165, 1.54) is 17.0 Å². The van der Waals surface area contributed by atoms with Crippen molar-refractivity contribution in [1.82, 2.24) is 4.90 Å². The summed E-state index contributed by atoms with van der Waals surface area (Å²) in [6.07, 6.45) is -4.19. The largest absolute Gasteiger partial charge is 0.444 e. The van der Waals surface area contributed by atoms with E-state index in [4.69, 9.17) is 10.5 Å². The molecule has 1 aromatic carbocycles. The predicted molar refractivity (Wildman–Crippen MR) is 84.6 cm³/mol. The van der Waals surface area contributed by atoms with Gasteiger partial charge in [0.05, 0.1) is 5.56 Å². The molecule has 0 aliphatic carbocycles. The predicted octanol–water partition coefficient (Wildman–Crippen LogP) is 3.76. The number of likely N-dealkylation sites (tertiary alicyclic amines) is 1. The summed E-state index contributed by atoms with van der Waals surface area (Å²) in [4.78, 5) is 13.8. The van der Waals surface area contributed by atoms with Crippen LogP contribution in [0.5, 0.6) is 0 Å². The number of hydrogen-bond donors (Lipinski definition) is 1. The molecule has 2 rings (SSSR count). The van der Waals surface area contributed by atoms with Gasteiger partial charge < -0.3 is 15.4 Å². The van der Waals surface area contributed by atoms with Crippen LogP contribution in [0.2, 0.25) is 0 Å². The molecule has 0 radical (unpaired) electrons. The van der Waals surface area contributed by atoms with E-state index in [0.29, 0.717) is 19.5 Å². The summed E-state index contributed by atoms with van der Waals surface area (Å²) >= 11 is 0. The Morgan fingerprint density at radius 1 is 1.17 bits per heavy atom. The van der Waals surface area contributed by atoms with Crippen LogP contribution in [0, 0.1) is 0 Å². The lowest BCUT2D eigenvalue weighted by atomic mass is 9.88. The highest BCUT2D eigenvalue weighted by Crippen LogP contribution is 2.32. The first kappa shape index (κ1) is 18.6. The minimum Gasteiger partial charge on any atom is -0.444 e. The van der Waals surface area contributed by atoms with Crippen molar-refractivity contribution in [3.63, 3.8) is 0 Å². The summed E-state index contributed by atoms with van der Waals surface area (Å²) < 4.78 is 43.3. The average Bonchev–Trinajstić information content (AvgIpc) is 2.44. The third-order valence-corrected chi connectivity index (χ3v) is 3.84. The van der Waals surface area contributed by atoms with E-state index in [1.54, 1.807) is 20.8 Å². The SMILES string of the molecule is CC(C)(C)OC(=O)N1C[C@@H](N)C[C@H](c2ccc(C(F)(F)F)cc2)C1. The van der Waals surface area contributed by atoms with Gasteiger partial charge in [0.15, 0.2) is 0 Å². The van der Waals surface area contributed by atoms with Crippen molar-refractivity contribution in [1.29, 1.82) is 0 Å². The minimum absolute atomic E-state index is 0.108. The number of rotatable bonds is 1. The molecule has 1 fully saturated rings. The summed E-state index contributed by atoms with van der Waals surface area (Å²) in [7, 11) is 0. The Morgan fingerprint density at radius 2 is 1.75 bits per heavy atom. The Balaban J connectivity index is 2.12. The highest BCUT2D eigenvalue weighted by Gasteiger charge is 2.33. The molecule has 24 heavy (non-hydrogen) atoms. The lowest BCUT2D eigenvalue weighted by Crippen LogP contribution is -2.50. The normalized spacial score (nSPS) is 22.4. The summed E-state index contributed by atoms with van der Waals surface area (Å²) in [5, 5.41) is 0. The van der Waals surface area contributed by atoms with Crippen LogP contribution < -0.4 is 5.73 Å². The van der Waals surface area contributed by atoms with Crippen molar-refractivity contribution in [3.8, 4) is 0 Å². The quantitative estimate of drug-likeness (QED) is 0.844. The number of carbonyl (C=O) groups excluding carboxylic acids is 1. The number of amides is 1. The van der Waals surface area contributed by atoms with Crippen molar-refractivity contribution in [2.75, 3.05) is 13.1 Å². The van der Waals surface area contributed by atoms with Gasteiger partial charge in [-0.1, -0.05) is 12.1 Å². The molecule has 1 saturated heterocycles. The fourth-order valence-corrected chi connectivity index (χ4v) is 2.80. The van der Waals surface area contributed by atoms with Gasteiger partial charge in [-0.15, -0.1) is 0 Å². The Kier molecular flexibility index (Phi) is 5.13. The van der Waals surface area contributed by atoms with E-state index < -0.39 is 23.4 Å². The van der Waals surface area contributed by atoms with Crippen LogP contribution in [-0.4, -0.2) is 35.7 Å². The number of benzene rings is 1. The molecule has 2 atom stereocenters. The van der Waals surface area contributed by atoms with E-state index in [1.807, 2.05) is 0 Å². The number of halogens is 3. The fraction of sp³-hybridized carbons (Fsp3) is 0.588. The molecule has 4 nitrogen and oxygen atoms in total. The van der Waals surface area contributed by atoms with Crippen molar-refractivity contribution in [2.45, 2.75) is 50.9 Å². The Bertz CT molecular complexity index is 579. The minimum atomic E-state index is -4.36.